The molecule has 0 aliphatic carbocycles. The summed E-state index contributed by atoms with van der Waals surface area (Å²) in [5, 5.41) is 19.4. The molecule has 0 bridgehead atoms. The Bertz CT molecular complexity index is 3390. The van der Waals surface area contributed by atoms with E-state index in [1.807, 2.05) is 109 Å². The number of carbonyl (C=O) groups excluding carboxylic acids is 2. The van der Waals surface area contributed by atoms with Gasteiger partial charge in [0.2, 0.25) is 5.91 Å². The lowest BCUT2D eigenvalue weighted by molar-refractivity contribution is -0.151. The van der Waals surface area contributed by atoms with E-state index < -0.39 is 31.7 Å². The van der Waals surface area contributed by atoms with Crippen LogP contribution in [-0.4, -0.2) is 75.3 Å². The smallest absolute Gasteiger partial charge is 0.279 e. The van der Waals surface area contributed by atoms with E-state index in [0.717, 1.165) is 33.1 Å². The third-order valence-corrected chi connectivity index (χ3v) is 19.4. The number of benzene rings is 6. The molecule has 14 heteroatoms. The highest BCUT2D eigenvalue weighted by atomic mass is 28.3. The zero-order valence-corrected chi connectivity index (χ0v) is 39.3. The molecule has 5 atom stereocenters. The fourth-order valence-electron chi connectivity index (χ4n) is 11.5. The SMILES string of the molecule is COc1ccc([Si](C)(C)[C@@H]2[C@@H](CC(=O)N3Cc4ccccc4C[C@H]3CO)O[C@]3(C(=O)N(Cc4ccc(-n5[nH]c6ccccc6c5=O)cc4)c4ccc(-n5[nH]c6ccccc6c5=O)cc43)[C@H]2C)cc1. The number of carbonyl (C=O) groups is 2. The minimum atomic E-state index is -2.68. The lowest BCUT2D eigenvalue weighted by Gasteiger charge is -2.39. The van der Waals surface area contributed by atoms with E-state index in [9.17, 15) is 19.5 Å². The molecule has 13 nitrogen and oxygen atoms in total. The van der Waals surface area contributed by atoms with Gasteiger partial charge >= 0.3 is 0 Å². The number of ether oxygens (including phenoxy) is 2. The number of amides is 2. The Morgan fingerprint density at radius 1 is 0.779 bits per heavy atom. The third kappa shape index (κ3) is 6.80. The minimum absolute atomic E-state index is 0.000371. The molecule has 68 heavy (non-hydrogen) atoms. The number of nitrogens with zero attached hydrogens (tertiary/aromatic N) is 4. The maximum absolute atomic E-state index is 15.9. The molecule has 2 aromatic heterocycles. The quantitative estimate of drug-likeness (QED) is 0.124. The van der Waals surface area contributed by atoms with Crippen LogP contribution in [0.3, 0.4) is 0 Å². The molecule has 1 saturated heterocycles. The van der Waals surface area contributed by atoms with E-state index in [1.54, 1.807) is 29.0 Å². The number of aromatic amines is 2. The molecule has 1 fully saturated rings. The van der Waals surface area contributed by atoms with Crippen molar-refractivity contribution in [3.05, 3.63) is 182 Å². The van der Waals surface area contributed by atoms with E-state index in [0.29, 0.717) is 51.9 Å². The first-order valence-electron chi connectivity index (χ1n) is 23.2. The van der Waals surface area contributed by atoms with Crippen LogP contribution in [0, 0.1) is 5.92 Å². The van der Waals surface area contributed by atoms with Crippen molar-refractivity contribution in [2.45, 2.75) is 69.2 Å². The Labute approximate surface area is 393 Å². The van der Waals surface area contributed by atoms with Crippen LogP contribution in [0.1, 0.15) is 35.6 Å². The van der Waals surface area contributed by atoms with E-state index in [4.69, 9.17) is 9.47 Å². The van der Waals surface area contributed by atoms with Crippen molar-refractivity contribution in [3.63, 3.8) is 0 Å². The van der Waals surface area contributed by atoms with Gasteiger partial charge < -0.3 is 24.4 Å². The van der Waals surface area contributed by atoms with E-state index >= 15 is 4.79 Å². The minimum Gasteiger partial charge on any atom is -0.497 e. The second-order valence-corrected chi connectivity index (χ2v) is 23.7. The number of methoxy groups -OCH3 is 1. The summed E-state index contributed by atoms with van der Waals surface area (Å²) in [6.07, 6.45) is -0.154. The van der Waals surface area contributed by atoms with Crippen LogP contribution in [0.2, 0.25) is 18.6 Å². The van der Waals surface area contributed by atoms with Gasteiger partial charge in [-0.15, -0.1) is 0 Å². The van der Waals surface area contributed by atoms with E-state index in [2.05, 4.69) is 48.4 Å². The fourth-order valence-corrected chi connectivity index (χ4v) is 15.6. The molecule has 0 unspecified atom stereocenters. The summed E-state index contributed by atoms with van der Waals surface area (Å²) < 4.78 is 16.0. The van der Waals surface area contributed by atoms with Crippen molar-refractivity contribution in [1.82, 2.24) is 24.5 Å². The average molecular weight is 925 g/mol. The number of anilines is 1. The lowest BCUT2D eigenvalue weighted by atomic mass is 9.82. The molecule has 0 saturated carbocycles. The van der Waals surface area contributed by atoms with Gasteiger partial charge in [-0.3, -0.25) is 29.4 Å². The third-order valence-electron chi connectivity index (χ3n) is 15.1. The molecule has 3 aliphatic rings. The van der Waals surface area contributed by atoms with Gasteiger partial charge in [-0.1, -0.05) is 98.0 Å². The Hall–Kier alpha value is -7.26. The van der Waals surface area contributed by atoms with Gasteiger partial charge in [0, 0.05) is 18.0 Å². The maximum atomic E-state index is 15.9. The van der Waals surface area contributed by atoms with Crippen molar-refractivity contribution in [1.29, 1.82) is 0 Å². The first kappa shape index (κ1) is 43.3. The number of hydrogen-bond acceptors (Lipinski definition) is 7. The van der Waals surface area contributed by atoms with E-state index in [1.165, 1.54) is 9.36 Å². The molecule has 2 amide bonds. The van der Waals surface area contributed by atoms with Crippen molar-refractivity contribution in [2.24, 2.45) is 5.92 Å². The number of aliphatic hydroxyl groups is 1. The Morgan fingerprint density at radius 3 is 2.01 bits per heavy atom. The van der Waals surface area contributed by atoms with Gasteiger partial charge in [-0.25, -0.2) is 9.36 Å². The highest BCUT2D eigenvalue weighted by Gasteiger charge is 2.66. The van der Waals surface area contributed by atoms with Crippen LogP contribution in [0.25, 0.3) is 33.2 Å². The molecule has 8 aromatic rings. The largest absolute Gasteiger partial charge is 0.497 e. The number of aliphatic hydroxyl groups excluding tert-OH is 1. The average Bonchev–Trinajstić information content (AvgIpc) is 4.05. The molecule has 1 spiro atoms. The monoisotopic (exact) mass is 924 g/mol. The lowest BCUT2D eigenvalue weighted by Crippen LogP contribution is -2.52. The van der Waals surface area contributed by atoms with Crippen molar-refractivity contribution in [3.8, 4) is 17.1 Å². The molecule has 3 N–H and O–H groups in total. The van der Waals surface area contributed by atoms with Gasteiger partial charge in [0.15, 0.2) is 5.60 Å². The summed E-state index contributed by atoms with van der Waals surface area (Å²) in [5.41, 5.74) is 4.70. The van der Waals surface area contributed by atoms with Gasteiger partial charge in [-0.2, -0.15) is 0 Å². The highest BCUT2D eigenvalue weighted by Crippen LogP contribution is 2.60. The second-order valence-electron chi connectivity index (χ2n) is 19.0. The number of para-hydroxylation sites is 2. The number of aromatic nitrogens is 4. The maximum Gasteiger partial charge on any atom is 0.279 e. The van der Waals surface area contributed by atoms with E-state index in [-0.39, 0.29) is 48.0 Å². The zero-order valence-electron chi connectivity index (χ0n) is 38.3. The number of rotatable bonds is 10. The number of nitrogens with one attached hydrogen (secondary N) is 2. The van der Waals surface area contributed by atoms with Crippen LogP contribution >= 0.6 is 0 Å². The second kappa shape index (κ2) is 16.5. The summed E-state index contributed by atoms with van der Waals surface area (Å²) in [4.78, 5) is 61.6. The van der Waals surface area contributed by atoms with Crippen molar-refractivity contribution in [2.75, 3.05) is 18.6 Å². The Kier molecular flexibility index (Phi) is 10.5. The van der Waals surface area contributed by atoms with Crippen LogP contribution < -0.4 is 25.9 Å². The summed E-state index contributed by atoms with van der Waals surface area (Å²) in [6, 6.07) is 43.7. The normalized spacial score (nSPS) is 21.2. The van der Waals surface area contributed by atoms with Crippen molar-refractivity contribution >= 4 is 52.6 Å². The first-order valence-corrected chi connectivity index (χ1v) is 26.2. The molecule has 344 valence electrons. The summed E-state index contributed by atoms with van der Waals surface area (Å²) in [5.74, 6) is -0.111. The van der Waals surface area contributed by atoms with Gasteiger partial charge in [0.05, 0.1) is 85.8 Å². The van der Waals surface area contributed by atoms with Crippen molar-refractivity contribution < 1.29 is 24.2 Å². The van der Waals surface area contributed by atoms with Crippen LogP contribution in [0.15, 0.2) is 149 Å². The van der Waals surface area contributed by atoms with Gasteiger partial charge in [0.1, 0.15) is 5.75 Å². The summed E-state index contributed by atoms with van der Waals surface area (Å²) >= 11 is 0. The molecular formula is C54H52N6O7Si. The first-order chi connectivity index (χ1) is 32.9. The molecule has 5 heterocycles. The number of hydrogen-bond donors (Lipinski definition) is 3. The standard InChI is InChI=1S/C54H52N6O7Si/c1-33-50(68(3,4)41-24-22-40(66-2)23-25-41)48(29-49(62)57-31-36-12-6-5-11-35(36)27-39(57)32-61)67-54(33)44-28-38(60-52(64)43-14-8-10-16-46(43)56-60)21-26-47(44)58(53(54)65)30-34-17-19-37(20-18-34)59-51(63)42-13-7-9-15-45(42)55-59/h5-26,28,33,39,48,50,55-56,61H,27,29-32H2,1-4H3/t33-,39-,48+,50-,54+/m0/s1. The van der Waals surface area contributed by atoms with Gasteiger partial charge in [-0.05, 0) is 95.4 Å². The van der Waals surface area contributed by atoms with Crippen LogP contribution in [-0.2, 0) is 39.4 Å². The number of H-pyrrole nitrogens is 2. The molecule has 3 aliphatic heterocycles. The summed E-state index contributed by atoms with van der Waals surface area (Å²) in [7, 11) is -1.04. The molecular weight excluding hydrogens is 873 g/mol. The Balaban J connectivity index is 1.02. The fraction of sp³-hybridized carbons (Fsp3) is 0.259. The molecule has 0 radical (unpaired) electrons. The highest BCUT2D eigenvalue weighted by molar-refractivity contribution is 6.91. The number of fused-ring (bicyclic) bond motifs is 5. The predicted molar refractivity (Wildman–Crippen MR) is 265 cm³/mol. The molecule has 11 rings (SSSR count). The Morgan fingerprint density at radius 2 is 1.38 bits per heavy atom. The molecule has 6 aromatic carbocycles. The summed E-state index contributed by atoms with van der Waals surface area (Å²) in [6.45, 7) is 7.02. The van der Waals surface area contributed by atoms with Crippen LogP contribution in [0.4, 0.5) is 5.69 Å². The predicted octanol–water partition coefficient (Wildman–Crippen LogP) is 7.06. The topological polar surface area (TPSA) is 155 Å². The van der Waals surface area contributed by atoms with Gasteiger partial charge in [0.25, 0.3) is 17.0 Å². The zero-order chi connectivity index (χ0) is 47.1. The van der Waals surface area contributed by atoms with Crippen LogP contribution in [0.5, 0.6) is 5.75 Å².